The number of hydrogen-bond acceptors (Lipinski definition) is 4. The lowest BCUT2D eigenvalue weighted by Gasteiger charge is -2.15. The molecule has 0 saturated heterocycles. The number of phenols is 1. The number of carbonyl (C=O) groups is 1. The van der Waals surface area contributed by atoms with Gasteiger partial charge >= 0.3 is 0 Å². The van der Waals surface area contributed by atoms with Crippen molar-refractivity contribution in [2.24, 2.45) is 0 Å². The first-order valence-electron chi connectivity index (χ1n) is 6.71. The molecule has 112 valence electrons. The van der Waals surface area contributed by atoms with Crippen LogP contribution in [-0.2, 0) is 9.53 Å². The van der Waals surface area contributed by atoms with Crippen LogP contribution in [0.3, 0.4) is 0 Å². The fraction of sp³-hybridized carbons (Fsp3) is 0.118. The highest BCUT2D eigenvalue weighted by atomic mass is 79.9. The van der Waals surface area contributed by atoms with Gasteiger partial charge in [0.25, 0.3) is 6.47 Å². The van der Waals surface area contributed by atoms with Crippen molar-refractivity contribution < 1.29 is 19.1 Å². The van der Waals surface area contributed by atoms with Crippen LogP contribution in [0.25, 0.3) is 11.0 Å². The largest absolute Gasteiger partial charge is 0.507 e. The molecule has 1 aromatic heterocycles. The number of hydrogen-bond donors (Lipinski definition) is 1. The van der Waals surface area contributed by atoms with Gasteiger partial charge in [0.1, 0.15) is 17.9 Å². The second-order valence-electron chi connectivity index (χ2n) is 4.86. The Bertz CT molecular complexity index is 795. The molecule has 3 rings (SSSR count). The zero-order valence-electron chi connectivity index (χ0n) is 11.5. The molecule has 5 heteroatoms. The van der Waals surface area contributed by atoms with Crippen LogP contribution in [0.15, 0.2) is 57.6 Å². The summed E-state index contributed by atoms with van der Waals surface area (Å²) in [7, 11) is 0. The molecular formula is C17H13BrO4. The molecule has 0 aliphatic rings. The van der Waals surface area contributed by atoms with E-state index < -0.39 is 0 Å². The summed E-state index contributed by atoms with van der Waals surface area (Å²) in [6.45, 7) is 0.634. The molecule has 2 aromatic carbocycles. The van der Waals surface area contributed by atoms with E-state index in [1.807, 2.05) is 30.3 Å². The third-order valence-corrected chi connectivity index (χ3v) is 4.40. The fourth-order valence-electron chi connectivity index (χ4n) is 2.54. The molecule has 0 radical (unpaired) electrons. The summed E-state index contributed by atoms with van der Waals surface area (Å²) in [6, 6.07) is 13.0. The lowest BCUT2D eigenvalue weighted by atomic mass is 9.91. The first-order chi connectivity index (χ1) is 10.7. The Kier molecular flexibility index (Phi) is 4.15. The molecule has 0 fully saturated rings. The van der Waals surface area contributed by atoms with Crippen molar-refractivity contribution in [1.29, 1.82) is 0 Å². The first-order valence-corrected chi connectivity index (χ1v) is 7.50. The van der Waals surface area contributed by atoms with Gasteiger partial charge in [-0.2, -0.15) is 0 Å². The smallest absolute Gasteiger partial charge is 0.293 e. The predicted molar refractivity (Wildman–Crippen MR) is 85.9 cm³/mol. The molecule has 1 heterocycles. The van der Waals surface area contributed by atoms with Crippen LogP contribution in [0.4, 0.5) is 0 Å². The molecule has 0 amide bonds. The molecule has 3 aromatic rings. The standard InChI is InChI=1S/C17H13BrO4/c18-17-14(20)6-7-15-16(17)13(9-22-15)12(8-21-10-19)11-4-2-1-3-5-11/h1-7,9-10,12,20H,8H2. The van der Waals surface area contributed by atoms with E-state index in [2.05, 4.69) is 15.9 Å². The van der Waals surface area contributed by atoms with Gasteiger partial charge in [-0.1, -0.05) is 30.3 Å². The van der Waals surface area contributed by atoms with E-state index >= 15 is 0 Å². The average Bonchev–Trinajstić information content (AvgIpc) is 2.97. The third-order valence-electron chi connectivity index (χ3n) is 3.59. The molecule has 22 heavy (non-hydrogen) atoms. The van der Waals surface area contributed by atoms with E-state index in [9.17, 15) is 9.90 Å². The number of furan rings is 1. The molecule has 0 spiro atoms. The van der Waals surface area contributed by atoms with Gasteiger partial charge in [0, 0.05) is 16.9 Å². The van der Waals surface area contributed by atoms with E-state index in [1.165, 1.54) is 0 Å². The van der Waals surface area contributed by atoms with Crippen molar-refractivity contribution in [2.75, 3.05) is 6.61 Å². The predicted octanol–water partition coefficient (Wildman–Crippen LogP) is 4.21. The Morgan fingerprint density at radius 3 is 2.73 bits per heavy atom. The van der Waals surface area contributed by atoms with Gasteiger partial charge in [-0.15, -0.1) is 0 Å². The molecule has 4 nitrogen and oxygen atoms in total. The molecular weight excluding hydrogens is 348 g/mol. The first kappa shape index (κ1) is 14.7. The van der Waals surface area contributed by atoms with Gasteiger partial charge < -0.3 is 14.3 Å². The van der Waals surface area contributed by atoms with Crippen LogP contribution < -0.4 is 0 Å². The molecule has 0 aliphatic carbocycles. The Labute approximate surface area is 135 Å². The minimum absolute atomic E-state index is 0.137. The maximum absolute atomic E-state index is 10.6. The third kappa shape index (κ3) is 2.60. The summed E-state index contributed by atoms with van der Waals surface area (Å²) in [5.74, 6) is -0.0379. The lowest BCUT2D eigenvalue weighted by molar-refractivity contribution is -0.128. The monoisotopic (exact) mass is 360 g/mol. The Morgan fingerprint density at radius 1 is 1.23 bits per heavy atom. The maximum atomic E-state index is 10.6. The summed E-state index contributed by atoms with van der Waals surface area (Å²) in [4.78, 5) is 10.6. The van der Waals surface area contributed by atoms with Crippen LogP contribution in [0.2, 0.25) is 0 Å². The second kappa shape index (κ2) is 6.23. The van der Waals surface area contributed by atoms with Gasteiger partial charge in [0.2, 0.25) is 0 Å². The van der Waals surface area contributed by atoms with Gasteiger partial charge in [-0.05, 0) is 33.6 Å². The Morgan fingerprint density at radius 2 is 2.00 bits per heavy atom. The van der Waals surface area contributed by atoms with E-state index in [1.54, 1.807) is 18.4 Å². The van der Waals surface area contributed by atoms with Crippen molar-refractivity contribution in [3.63, 3.8) is 0 Å². The second-order valence-corrected chi connectivity index (χ2v) is 5.65. The van der Waals surface area contributed by atoms with E-state index in [0.717, 1.165) is 16.5 Å². The normalized spacial score (nSPS) is 12.2. The van der Waals surface area contributed by atoms with Gasteiger partial charge in [-0.25, -0.2) is 0 Å². The zero-order valence-corrected chi connectivity index (χ0v) is 13.1. The SMILES string of the molecule is O=COCC(c1ccccc1)c1coc2ccc(O)c(Br)c12. The van der Waals surface area contributed by atoms with Crippen LogP contribution in [0.5, 0.6) is 5.75 Å². The number of ether oxygens (including phenoxy) is 1. The number of phenolic OH excluding ortho intramolecular Hbond substituents is 1. The summed E-state index contributed by atoms with van der Waals surface area (Å²) in [6.07, 6.45) is 1.64. The fourth-order valence-corrected chi connectivity index (χ4v) is 3.10. The Balaban J connectivity index is 2.16. The van der Waals surface area contributed by atoms with Crippen molar-refractivity contribution in [1.82, 2.24) is 0 Å². The lowest BCUT2D eigenvalue weighted by Crippen LogP contribution is -2.08. The highest BCUT2D eigenvalue weighted by molar-refractivity contribution is 9.10. The van der Waals surface area contributed by atoms with Gasteiger partial charge in [0.05, 0.1) is 10.7 Å². The summed E-state index contributed by atoms with van der Waals surface area (Å²) in [5.41, 5.74) is 2.51. The highest BCUT2D eigenvalue weighted by Gasteiger charge is 2.22. The zero-order chi connectivity index (χ0) is 15.5. The maximum Gasteiger partial charge on any atom is 0.293 e. The van der Waals surface area contributed by atoms with Crippen molar-refractivity contribution in [3.8, 4) is 5.75 Å². The summed E-state index contributed by atoms with van der Waals surface area (Å²) >= 11 is 3.40. The van der Waals surface area contributed by atoms with Crippen LogP contribution in [0, 0.1) is 0 Å². The number of rotatable bonds is 5. The van der Waals surface area contributed by atoms with Crippen LogP contribution in [0.1, 0.15) is 17.0 Å². The molecule has 0 saturated carbocycles. The number of benzene rings is 2. The Hall–Kier alpha value is -2.27. The molecule has 0 aliphatic heterocycles. The van der Waals surface area contributed by atoms with Gasteiger partial charge in [-0.3, -0.25) is 4.79 Å². The number of aromatic hydroxyl groups is 1. The minimum atomic E-state index is -0.175. The molecule has 1 atom stereocenters. The minimum Gasteiger partial charge on any atom is -0.507 e. The van der Waals surface area contributed by atoms with Crippen molar-refractivity contribution >= 4 is 33.4 Å². The summed E-state index contributed by atoms with van der Waals surface area (Å²) in [5, 5.41) is 10.7. The number of fused-ring (bicyclic) bond motifs is 1. The van der Waals surface area contributed by atoms with Crippen molar-refractivity contribution in [2.45, 2.75) is 5.92 Å². The van der Waals surface area contributed by atoms with Crippen LogP contribution in [-0.4, -0.2) is 18.2 Å². The van der Waals surface area contributed by atoms with E-state index in [0.29, 0.717) is 16.5 Å². The van der Waals surface area contributed by atoms with Crippen LogP contribution >= 0.6 is 15.9 Å². The quantitative estimate of drug-likeness (QED) is 0.692. The molecule has 1 N–H and O–H groups in total. The topological polar surface area (TPSA) is 59.7 Å². The summed E-state index contributed by atoms with van der Waals surface area (Å²) < 4.78 is 11.1. The number of halogens is 1. The van der Waals surface area contributed by atoms with E-state index in [4.69, 9.17) is 9.15 Å². The number of carbonyl (C=O) groups excluding carboxylic acids is 1. The highest BCUT2D eigenvalue weighted by Crippen LogP contribution is 2.40. The van der Waals surface area contributed by atoms with E-state index in [-0.39, 0.29) is 18.3 Å². The molecule has 1 unspecified atom stereocenters. The average molecular weight is 361 g/mol. The van der Waals surface area contributed by atoms with Crippen molar-refractivity contribution in [3.05, 3.63) is 64.3 Å². The van der Waals surface area contributed by atoms with Gasteiger partial charge in [0.15, 0.2) is 0 Å². The molecule has 0 bridgehead atoms.